The van der Waals surface area contributed by atoms with E-state index in [2.05, 4.69) is 10.6 Å². The van der Waals surface area contributed by atoms with Gasteiger partial charge in [-0.15, -0.1) is 0 Å². The maximum Gasteiger partial charge on any atom is 0.315 e. The molecule has 1 heterocycles. The molecule has 0 unspecified atom stereocenters. The van der Waals surface area contributed by atoms with Gasteiger partial charge < -0.3 is 25.3 Å². The standard InChI is InChI=1S/C20H31N5O3/c1-15(2)22-20(28)21-13-16-5-7-17(8-6-16)19(27)25-11-9-24(10-12-25)14-18(26)23(3)4/h5-8,15H,9-14H2,1-4H3,(H2,21,22,28)/p+1. The largest absolute Gasteiger partial charge is 0.344 e. The summed E-state index contributed by atoms with van der Waals surface area (Å²) in [5.41, 5.74) is 1.58. The monoisotopic (exact) mass is 390 g/mol. The van der Waals surface area contributed by atoms with Crippen LogP contribution in [0.3, 0.4) is 0 Å². The molecule has 0 spiro atoms. The van der Waals surface area contributed by atoms with Gasteiger partial charge in [0.05, 0.1) is 26.2 Å². The van der Waals surface area contributed by atoms with Crippen LogP contribution in [0.15, 0.2) is 24.3 Å². The Morgan fingerprint density at radius 3 is 2.25 bits per heavy atom. The average Bonchev–Trinajstić information content (AvgIpc) is 2.66. The number of rotatable bonds is 6. The molecule has 0 aliphatic carbocycles. The van der Waals surface area contributed by atoms with Gasteiger partial charge in [0.25, 0.3) is 11.8 Å². The van der Waals surface area contributed by atoms with Gasteiger partial charge in [-0.3, -0.25) is 9.59 Å². The lowest BCUT2D eigenvalue weighted by atomic mass is 10.1. The highest BCUT2D eigenvalue weighted by molar-refractivity contribution is 5.94. The fourth-order valence-electron chi connectivity index (χ4n) is 3.02. The number of nitrogens with one attached hydrogen (secondary N) is 3. The summed E-state index contributed by atoms with van der Waals surface area (Å²) in [5, 5.41) is 5.56. The number of amides is 4. The molecular weight excluding hydrogens is 358 g/mol. The molecule has 4 amide bonds. The lowest BCUT2D eigenvalue weighted by Crippen LogP contribution is -3.15. The third-order valence-corrected chi connectivity index (χ3v) is 4.73. The third kappa shape index (κ3) is 6.53. The van der Waals surface area contributed by atoms with E-state index in [-0.39, 0.29) is 23.9 Å². The van der Waals surface area contributed by atoms with E-state index < -0.39 is 0 Å². The molecule has 0 saturated carbocycles. The summed E-state index contributed by atoms with van der Waals surface area (Å²) in [6, 6.07) is 7.20. The van der Waals surface area contributed by atoms with E-state index in [9.17, 15) is 14.4 Å². The average molecular weight is 391 g/mol. The van der Waals surface area contributed by atoms with Crippen LogP contribution in [0.4, 0.5) is 4.79 Å². The number of likely N-dealkylation sites (N-methyl/N-ethyl adjacent to an activating group) is 1. The minimum atomic E-state index is -0.205. The number of benzene rings is 1. The summed E-state index contributed by atoms with van der Waals surface area (Å²) in [7, 11) is 3.52. The van der Waals surface area contributed by atoms with Gasteiger partial charge >= 0.3 is 6.03 Å². The summed E-state index contributed by atoms with van der Waals surface area (Å²) in [6.07, 6.45) is 0. The van der Waals surface area contributed by atoms with E-state index in [1.807, 2.05) is 30.9 Å². The number of carbonyl (C=O) groups excluding carboxylic acids is 3. The van der Waals surface area contributed by atoms with Crippen LogP contribution in [0.25, 0.3) is 0 Å². The summed E-state index contributed by atoms with van der Waals surface area (Å²) in [6.45, 7) is 7.54. The zero-order valence-corrected chi connectivity index (χ0v) is 17.2. The Hall–Kier alpha value is -2.61. The predicted octanol–water partition coefficient (Wildman–Crippen LogP) is -0.677. The molecule has 1 saturated heterocycles. The molecule has 8 nitrogen and oxygen atoms in total. The lowest BCUT2D eigenvalue weighted by molar-refractivity contribution is -0.896. The Kier molecular flexibility index (Phi) is 7.80. The third-order valence-electron chi connectivity index (χ3n) is 4.73. The van der Waals surface area contributed by atoms with Gasteiger partial charge in [0, 0.05) is 32.2 Å². The highest BCUT2D eigenvalue weighted by Gasteiger charge is 2.26. The fourth-order valence-corrected chi connectivity index (χ4v) is 3.02. The second-order valence-electron chi connectivity index (χ2n) is 7.69. The number of hydrogen-bond acceptors (Lipinski definition) is 3. The maximum atomic E-state index is 12.7. The van der Waals surface area contributed by atoms with Crippen LogP contribution in [-0.4, -0.2) is 80.5 Å². The van der Waals surface area contributed by atoms with Crippen LogP contribution in [0.1, 0.15) is 29.8 Å². The van der Waals surface area contributed by atoms with Crippen molar-refractivity contribution in [2.45, 2.75) is 26.4 Å². The first-order chi connectivity index (χ1) is 13.3. The highest BCUT2D eigenvalue weighted by atomic mass is 16.2. The molecular formula is C20H32N5O3+. The molecule has 28 heavy (non-hydrogen) atoms. The first kappa shape index (κ1) is 21.7. The smallest absolute Gasteiger partial charge is 0.315 e. The van der Waals surface area contributed by atoms with Gasteiger partial charge in [-0.1, -0.05) is 12.1 Å². The molecule has 1 fully saturated rings. The molecule has 3 N–H and O–H groups in total. The number of carbonyl (C=O) groups is 3. The van der Waals surface area contributed by atoms with Crippen molar-refractivity contribution in [1.82, 2.24) is 20.4 Å². The number of nitrogens with zero attached hydrogens (tertiary/aromatic N) is 2. The lowest BCUT2D eigenvalue weighted by Gasteiger charge is -2.32. The van der Waals surface area contributed by atoms with Crippen LogP contribution >= 0.6 is 0 Å². The second-order valence-corrected chi connectivity index (χ2v) is 7.69. The SMILES string of the molecule is CC(C)NC(=O)NCc1ccc(C(=O)N2CC[NH+](CC(=O)N(C)C)CC2)cc1. The minimum Gasteiger partial charge on any atom is -0.344 e. The van der Waals surface area contributed by atoms with E-state index in [0.29, 0.717) is 31.7 Å². The first-order valence-electron chi connectivity index (χ1n) is 9.72. The van der Waals surface area contributed by atoms with Crippen LogP contribution < -0.4 is 15.5 Å². The molecule has 0 aromatic heterocycles. The summed E-state index contributed by atoms with van der Waals surface area (Å²) in [4.78, 5) is 40.8. The van der Waals surface area contributed by atoms with E-state index in [1.165, 1.54) is 4.90 Å². The predicted molar refractivity (Wildman–Crippen MR) is 107 cm³/mol. The molecule has 0 atom stereocenters. The second kappa shape index (κ2) is 10.1. The van der Waals surface area contributed by atoms with Gasteiger partial charge in [0.1, 0.15) is 0 Å². The van der Waals surface area contributed by atoms with Gasteiger partial charge in [-0.05, 0) is 31.5 Å². The molecule has 154 valence electrons. The van der Waals surface area contributed by atoms with E-state index in [4.69, 9.17) is 0 Å². The molecule has 8 heteroatoms. The van der Waals surface area contributed by atoms with E-state index in [1.54, 1.807) is 31.1 Å². The minimum absolute atomic E-state index is 0.00930. The number of urea groups is 1. The Morgan fingerprint density at radius 1 is 1.11 bits per heavy atom. The molecule has 0 radical (unpaired) electrons. The molecule has 1 aliphatic rings. The number of hydrogen-bond donors (Lipinski definition) is 3. The van der Waals surface area contributed by atoms with Gasteiger partial charge in [0.15, 0.2) is 6.54 Å². The van der Waals surface area contributed by atoms with Gasteiger partial charge in [0.2, 0.25) is 0 Å². The van der Waals surface area contributed by atoms with Crippen LogP contribution in [-0.2, 0) is 11.3 Å². The molecule has 1 aromatic rings. The molecule has 2 rings (SSSR count). The summed E-state index contributed by atoms with van der Waals surface area (Å²) < 4.78 is 0. The van der Waals surface area contributed by atoms with Crippen molar-refractivity contribution in [3.63, 3.8) is 0 Å². The fraction of sp³-hybridized carbons (Fsp3) is 0.550. The topological polar surface area (TPSA) is 86.2 Å². The van der Waals surface area contributed by atoms with Crippen LogP contribution in [0.5, 0.6) is 0 Å². The van der Waals surface area contributed by atoms with Crippen LogP contribution in [0, 0.1) is 0 Å². The van der Waals surface area contributed by atoms with Crippen LogP contribution in [0.2, 0.25) is 0 Å². The summed E-state index contributed by atoms with van der Waals surface area (Å²) >= 11 is 0. The van der Waals surface area contributed by atoms with Crippen molar-refractivity contribution in [2.24, 2.45) is 0 Å². The van der Waals surface area contributed by atoms with Gasteiger partial charge in [-0.2, -0.15) is 0 Å². The Balaban J connectivity index is 1.81. The molecule has 0 bridgehead atoms. The van der Waals surface area contributed by atoms with E-state index in [0.717, 1.165) is 18.7 Å². The Bertz CT molecular complexity index is 680. The van der Waals surface area contributed by atoms with E-state index >= 15 is 0 Å². The van der Waals surface area contributed by atoms with Crippen molar-refractivity contribution in [2.75, 3.05) is 46.8 Å². The number of piperazine rings is 1. The highest BCUT2D eigenvalue weighted by Crippen LogP contribution is 2.08. The molecule has 1 aliphatic heterocycles. The van der Waals surface area contributed by atoms with Crippen molar-refractivity contribution in [3.05, 3.63) is 35.4 Å². The van der Waals surface area contributed by atoms with Crippen molar-refractivity contribution >= 4 is 17.8 Å². The zero-order valence-electron chi connectivity index (χ0n) is 17.2. The quantitative estimate of drug-likeness (QED) is 0.602. The number of quaternary nitrogens is 1. The Morgan fingerprint density at radius 2 is 1.71 bits per heavy atom. The first-order valence-corrected chi connectivity index (χ1v) is 9.72. The van der Waals surface area contributed by atoms with Crippen molar-refractivity contribution in [1.29, 1.82) is 0 Å². The van der Waals surface area contributed by atoms with Crippen molar-refractivity contribution < 1.29 is 19.3 Å². The normalized spacial score (nSPS) is 14.7. The Labute approximate surface area is 166 Å². The zero-order chi connectivity index (χ0) is 20.7. The van der Waals surface area contributed by atoms with Crippen molar-refractivity contribution in [3.8, 4) is 0 Å². The summed E-state index contributed by atoms with van der Waals surface area (Å²) in [5.74, 6) is 0.121. The van der Waals surface area contributed by atoms with Gasteiger partial charge in [-0.25, -0.2) is 4.79 Å². The molecule has 1 aromatic carbocycles. The maximum absolute atomic E-state index is 12.7.